The fraction of sp³-hybridized carbons (Fsp3) is 0.111. The lowest BCUT2D eigenvalue weighted by atomic mass is 10.2. The second-order valence-electron chi connectivity index (χ2n) is 3.12. The summed E-state index contributed by atoms with van der Waals surface area (Å²) in [5, 5.41) is 17.3. The zero-order valence-electron chi connectivity index (χ0n) is 8.46. The van der Waals surface area contributed by atoms with Crippen LogP contribution in [0.3, 0.4) is 0 Å². The summed E-state index contributed by atoms with van der Waals surface area (Å²) in [4.78, 5) is 14.1. The van der Waals surface area contributed by atoms with Gasteiger partial charge in [0, 0.05) is 10.5 Å². The number of halogens is 1. The molecule has 0 radical (unpaired) electrons. The van der Waals surface area contributed by atoms with Crippen LogP contribution in [-0.4, -0.2) is 15.1 Å². The maximum atomic E-state index is 10.8. The molecule has 7 nitrogen and oxygen atoms in total. The van der Waals surface area contributed by atoms with Crippen molar-refractivity contribution >= 4 is 27.3 Å². The summed E-state index contributed by atoms with van der Waals surface area (Å²) in [6, 6.07) is 4.65. The zero-order chi connectivity index (χ0) is 12.3. The van der Waals surface area contributed by atoms with Gasteiger partial charge in [-0.1, -0.05) is 21.1 Å². The van der Waals surface area contributed by atoms with Crippen LogP contribution < -0.4 is 5.32 Å². The minimum absolute atomic E-state index is 0.00306. The monoisotopic (exact) mass is 298 g/mol. The van der Waals surface area contributed by atoms with E-state index in [0.717, 1.165) is 4.47 Å². The molecule has 17 heavy (non-hydrogen) atoms. The Balaban J connectivity index is 2.19. The van der Waals surface area contributed by atoms with Crippen molar-refractivity contribution < 1.29 is 9.45 Å². The molecule has 1 N–H and O–H groups in total. The molecule has 0 saturated carbocycles. The van der Waals surface area contributed by atoms with Crippen LogP contribution >= 0.6 is 15.9 Å². The first-order valence-electron chi connectivity index (χ1n) is 4.60. The topological polar surface area (TPSA) is 94.1 Å². The first kappa shape index (κ1) is 11.5. The third-order valence-electron chi connectivity index (χ3n) is 2.00. The number of hydrogen-bond acceptors (Lipinski definition) is 6. The van der Waals surface area contributed by atoms with Crippen molar-refractivity contribution in [3.05, 3.63) is 45.0 Å². The largest absolute Gasteiger partial charge is 0.372 e. The summed E-state index contributed by atoms with van der Waals surface area (Å²) < 4.78 is 5.31. The highest BCUT2D eigenvalue weighted by Crippen LogP contribution is 2.27. The first-order valence-corrected chi connectivity index (χ1v) is 5.39. The van der Waals surface area contributed by atoms with Gasteiger partial charge in [0.05, 0.1) is 11.5 Å². The summed E-state index contributed by atoms with van der Waals surface area (Å²) in [6.45, 7) is 0.258. The Morgan fingerprint density at radius 2 is 2.35 bits per heavy atom. The average molecular weight is 299 g/mol. The third-order valence-corrected chi connectivity index (χ3v) is 2.49. The van der Waals surface area contributed by atoms with Crippen LogP contribution in [0, 0.1) is 10.1 Å². The summed E-state index contributed by atoms with van der Waals surface area (Å²) in [5.41, 5.74) is 0.394. The molecule has 1 heterocycles. The molecule has 0 spiro atoms. The minimum Gasteiger partial charge on any atom is -0.372 e. The lowest BCUT2D eigenvalue weighted by Crippen LogP contribution is -2.03. The van der Waals surface area contributed by atoms with Crippen LogP contribution in [0.2, 0.25) is 0 Å². The van der Waals surface area contributed by atoms with Gasteiger partial charge in [-0.05, 0) is 12.1 Å². The van der Waals surface area contributed by atoms with Gasteiger partial charge in [0.1, 0.15) is 5.69 Å². The molecular weight excluding hydrogens is 292 g/mol. The maximum Gasteiger partial charge on any atom is 0.292 e. The van der Waals surface area contributed by atoms with Gasteiger partial charge in [0.25, 0.3) is 5.69 Å². The summed E-state index contributed by atoms with van der Waals surface area (Å²) >= 11 is 3.25. The van der Waals surface area contributed by atoms with Gasteiger partial charge in [-0.15, -0.1) is 0 Å². The number of aromatic nitrogens is 2. The molecule has 0 saturated heterocycles. The molecule has 8 heteroatoms. The molecule has 0 aliphatic carbocycles. The van der Waals surface area contributed by atoms with Crippen LogP contribution in [0.4, 0.5) is 11.4 Å². The minimum atomic E-state index is -0.453. The van der Waals surface area contributed by atoms with Crippen LogP contribution in [-0.2, 0) is 6.54 Å². The second kappa shape index (κ2) is 4.91. The molecule has 0 atom stereocenters. The predicted molar refractivity (Wildman–Crippen MR) is 62.4 cm³/mol. The number of rotatable bonds is 4. The third kappa shape index (κ3) is 2.78. The highest BCUT2D eigenvalue weighted by molar-refractivity contribution is 9.10. The maximum absolute atomic E-state index is 10.8. The quantitative estimate of drug-likeness (QED) is 0.688. The molecule has 0 unspecified atom stereocenters. The average Bonchev–Trinajstić information content (AvgIpc) is 2.78. The molecule has 0 aliphatic heterocycles. The van der Waals surface area contributed by atoms with Gasteiger partial charge in [-0.25, -0.2) is 0 Å². The normalized spacial score (nSPS) is 10.2. The lowest BCUT2D eigenvalue weighted by Gasteiger charge is -2.04. The van der Waals surface area contributed by atoms with E-state index in [1.54, 1.807) is 12.1 Å². The zero-order valence-corrected chi connectivity index (χ0v) is 10.0. The SMILES string of the molecule is O=[N+]([O-])c1ccc(Br)cc1NCc1ncon1. The van der Waals surface area contributed by atoms with E-state index in [4.69, 9.17) is 0 Å². The van der Waals surface area contributed by atoms with E-state index in [-0.39, 0.29) is 12.2 Å². The number of nitrogens with one attached hydrogen (secondary N) is 1. The van der Waals surface area contributed by atoms with Gasteiger partial charge in [-0.3, -0.25) is 10.1 Å². The van der Waals surface area contributed by atoms with Crippen LogP contribution in [0.25, 0.3) is 0 Å². The van der Waals surface area contributed by atoms with Crippen molar-refractivity contribution in [2.75, 3.05) is 5.32 Å². The number of anilines is 1. The fourth-order valence-electron chi connectivity index (χ4n) is 1.25. The van der Waals surface area contributed by atoms with E-state index >= 15 is 0 Å². The molecule has 0 aliphatic rings. The number of nitro benzene ring substituents is 1. The van der Waals surface area contributed by atoms with Crippen LogP contribution in [0.5, 0.6) is 0 Å². The van der Waals surface area contributed by atoms with E-state index in [2.05, 4.69) is 35.9 Å². The molecule has 0 fully saturated rings. The Hall–Kier alpha value is -1.96. The van der Waals surface area contributed by atoms with Gasteiger partial charge in [0.15, 0.2) is 5.82 Å². The summed E-state index contributed by atoms with van der Waals surface area (Å²) in [5.74, 6) is 0.430. The Kier molecular flexibility index (Phi) is 3.33. The smallest absolute Gasteiger partial charge is 0.292 e. The molecule has 88 valence electrons. The van der Waals surface area contributed by atoms with Gasteiger partial charge < -0.3 is 9.84 Å². The van der Waals surface area contributed by atoms with E-state index in [9.17, 15) is 10.1 Å². The Morgan fingerprint density at radius 1 is 1.53 bits per heavy atom. The van der Waals surface area contributed by atoms with Crippen LogP contribution in [0.1, 0.15) is 5.82 Å². The van der Waals surface area contributed by atoms with Crippen LogP contribution in [0.15, 0.2) is 33.6 Å². The number of nitrogens with zero attached hydrogens (tertiary/aromatic N) is 3. The van der Waals surface area contributed by atoms with Gasteiger partial charge in [0.2, 0.25) is 6.39 Å². The van der Waals surface area contributed by atoms with E-state index in [1.165, 1.54) is 12.5 Å². The van der Waals surface area contributed by atoms with Crippen molar-refractivity contribution in [2.45, 2.75) is 6.54 Å². The molecule has 1 aromatic heterocycles. The standard InChI is InChI=1S/C9H7BrN4O3/c10-6-1-2-8(14(15)16)7(3-6)11-4-9-12-5-17-13-9/h1-3,5,11H,4H2. The highest BCUT2D eigenvalue weighted by Gasteiger charge is 2.13. The number of benzene rings is 1. The lowest BCUT2D eigenvalue weighted by molar-refractivity contribution is -0.384. The number of hydrogen-bond donors (Lipinski definition) is 1. The Labute approximate surface area is 104 Å². The Bertz CT molecular complexity index is 529. The van der Waals surface area contributed by atoms with Crippen molar-refractivity contribution in [3.63, 3.8) is 0 Å². The molecule has 2 rings (SSSR count). The fourth-order valence-corrected chi connectivity index (χ4v) is 1.61. The van der Waals surface area contributed by atoms with Crippen molar-refractivity contribution in [2.24, 2.45) is 0 Å². The summed E-state index contributed by atoms with van der Waals surface area (Å²) in [6.07, 6.45) is 1.20. The van der Waals surface area contributed by atoms with Crippen molar-refractivity contribution in [3.8, 4) is 0 Å². The first-order chi connectivity index (χ1) is 8.16. The van der Waals surface area contributed by atoms with E-state index < -0.39 is 4.92 Å². The molecular formula is C9H7BrN4O3. The van der Waals surface area contributed by atoms with Crippen molar-refractivity contribution in [1.29, 1.82) is 0 Å². The molecule has 1 aromatic carbocycles. The highest BCUT2D eigenvalue weighted by atomic mass is 79.9. The molecule has 0 amide bonds. The summed E-state index contributed by atoms with van der Waals surface area (Å²) in [7, 11) is 0. The van der Waals surface area contributed by atoms with E-state index in [0.29, 0.717) is 11.5 Å². The van der Waals surface area contributed by atoms with Crippen molar-refractivity contribution in [1.82, 2.24) is 10.1 Å². The predicted octanol–water partition coefficient (Wildman–Crippen LogP) is 2.35. The Morgan fingerprint density at radius 3 is 3.00 bits per heavy atom. The molecule has 0 bridgehead atoms. The number of nitro groups is 1. The van der Waals surface area contributed by atoms with Gasteiger partial charge in [-0.2, -0.15) is 4.98 Å². The molecule has 2 aromatic rings. The second-order valence-corrected chi connectivity index (χ2v) is 4.04. The van der Waals surface area contributed by atoms with Gasteiger partial charge >= 0.3 is 0 Å². The van der Waals surface area contributed by atoms with E-state index in [1.807, 2.05) is 0 Å².